The van der Waals surface area contributed by atoms with E-state index in [4.69, 9.17) is 11.6 Å². The van der Waals surface area contributed by atoms with Crippen LogP contribution in [-0.4, -0.2) is 11.6 Å². The third-order valence-corrected chi connectivity index (χ3v) is 3.15. The molecule has 1 atom stereocenters. The van der Waals surface area contributed by atoms with Gasteiger partial charge in [0.2, 0.25) is 0 Å². The van der Waals surface area contributed by atoms with Gasteiger partial charge in [0.15, 0.2) is 0 Å². The first-order valence-corrected chi connectivity index (χ1v) is 5.43. The third-order valence-electron chi connectivity index (χ3n) is 2.92. The highest BCUT2D eigenvalue weighted by atomic mass is 35.5. The van der Waals surface area contributed by atoms with E-state index in [1.54, 1.807) is 0 Å². The van der Waals surface area contributed by atoms with Crippen molar-refractivity contribution < 1.29 is 0 Å². The van der Waals surface area contributed by atoms with Gasteiger partial charge in [0.05, 0.1) is 0 Å². The largest absolute Gasteiger partial charge is 0.346 e. The number of halogens is 1. The molecule has 2 rings (SSSR count). The van der Waals surface area contributed by atoms with Gasteiger partial charge in [-0.1, -0.05) is 11.6 Å². The summed E-state index contributed by atoms with van der Waals surface area (Å²) in [5.74, 6) is 0. The minimum Gasteiger partial charge on any atom is -0.346 e. The lowest BCUT2D eigenvalue weighted by molar-refractivity contribution is 0.610. The van der Waals surface area contributed by atoms with Crippen molar-refractivity contribution in [3.05, 3.63) is 35.0 Å². The summed E-state index contributed by atoms with van der Waals surface area (Å²) in [6.45, 7) is 2.15. The molecule has 0 aliphatic rings. The lowest BCUT2D eigenvalue weighted by Crippen LogP contribution is -2.15. The Bertz CT molecular complexity index is 488. The van der Waals surface area contributed by atoms with Gasteiger partial charge in [0, 0.05) is 34.7 Å². The Morgan fingerprint density at radius 2 is 2.07 bits per heavy atom. The molecule has 0 saturated carbocycles. The molecule has 0 saturated heterocycles. The van der Waals surface area contributed by atoms with E-state index in [1.165, 1.54) is 16.6 Å². The summed E-state index contributed by atoms with van der Waals surface area (Å²) in [4.78, 5) is 0. The highest BCUT2D eigenvalue weighted by Gasteiger charge is 2.10. The molecule has 0 spiro atoms. The lowest BCUT2D eigenvalue weighted by atomic mass is 10.2. The van der Waals surface area contributed by atoms with Crippen molar-refractivity contribution in [1.82, 2.24) is 9.88 Å². The van der Waals surface area contributed by atoms with E-state index in [1.807, 2.05) is 19.2 Å². The summed E-state index contributed by atoms with van der Waals surface area (Å²) >= 11 is 5.97. The minimum atomic E-state index is 0.348. The van der Waals surface area contributed by atoms with Gasteiger partial charge < -0.3 is 9.88 Å². The van der Waals surface area contributed by atoms with Gasteiger partial charge in [-0.05, 0) is 38.2 Å². The predicted octanol–water partition coefficient (Wildman–Crippen LogP) is 3.11. The van der Waals surface area contributed by atoms with Crippen LogP contribution in [0.4, 0.5) is 0 Å². The summed E-state index contributed by atoms with van der Waals surface area (Å²) in [6.07, 6.45) is 0. The Labute approximate surface area is 94.8 Å². The minimum absolute atomic E-state index is 0.348. The number of nitrogens with zero attached hydrogens (tertiary/aromatic N) is 1. The number of benzene rings is 1. The summed E-state index contributed by atoms with van der Waals surface area (Å²) in [5.41, 5.74) is 2.49. The number of aryl methyl sites for hydroxylation is 1. The first-order chi connectivity index (χ1) is 7.13. The number of hydrogen-bond donors (Lipinski definition) is 1. The molecule has 1 aromatic carbocycles. The number of hydrogen-bond acceptors (Lipinski definition) is 1. The highest BCUT2D eigenvalue weighted by molar-refractivity contribution is 6.31. The second-order valence-corrected chi connectivity index (χ2v) is 4.28. The van der Waals surface area contributed by atoms with Crippen LogP contribution in [0.2, 0.25) is 5.02 Å². The molecule has 0 aliphatic heterocycles. The number of aromatic nitrogens is 1. The fourth-order valence-corrected chi connectivity index (χ4v) is 2.09. The molecule has 0 aliphatic carbocycles. The normalized spacial score (nSPS) is 13.3. The molecule has 0 radical (unpaired) electrons. The molecule has 0 fully saturated rings. The molecule has 80 valence electrons. The van der Waals surface area contributed by atoms with Gasteiger partial charge in [-0.15, -0.1) is 0 Å². The monoisotopic (exact) mass is 222 g/mol. The Morgan fingerprint density at radius 1 is 1.33 bits per heavy atom. The fourth-order valence-electron chi connectivity index (χ4n) is 1.91. The van der Waals surface area contributed by atoms with Crippen LogP contribution in [0.3, 0.4) is 0 Å². The molecule has 1 aromatic heterocycles. The Hall–Kier alpha value is -0.990. The number of fused-ring (bicyclic) bond motifs is 1. The lowest BCUT2D eigenvalue weighted by Gasteiger charge is -2.11. The Kier molecular flexibility index (Phi) is 2.72. The predicted molar refractivity (Wildman–Crippen MR) is 65.4 cm³/mol. The average molecular weight is 223 g/mol. The maximum Gasteiger partial charge on any atom is 0.0481 e. The second kappa shape index (κ2) is 3.87. The molecular weight excluding hydrogens is 208 g/mol. The highest BCUT2D eigenvalue weighted by Crippen LogP contribution is 2.25. The molecule has 15 heavy (non-hydrogen) atoms. The van der Waals surface area contributed by atoms with Crippen molar-refractivity contribution >= 4 is 22.5 Å². The Morgan fingerprint density at radius 3 is 2.73 bits per heavy atom. The maximum atomic E-state index is 5.97. The standard InChI is InChI=1S/C12H15ClN2/c1-8(14-2)12-7-9-6-10(13)4-5-11(9)15(12)3/h4-8,14H,1-3H3. The molecule has 1 unspecified atom stereocenters. The first kappa shape index (κ1) is 10.5. The molecule has 2 aromatic rings. The summed E-state index contributed by atoms with van der Waals surface area (Å²) < 4.78 is 2.20. The van der Waals surface area contributed by atoms with Crippen LogP contribution in [0.5, 0.6) is 0 Å². The van der Waals surface area contributed by atoms with E-state index >= 15 is 0 Å². The van der Waals surface area contributed by atoms with Gasteiger partial charge in [0.25, 0.3) is 0 Å². The van der Waals surface area contributed by atoms with E-state index in [-0.39, 0.29) is 0 Å². The van der Waals surface area contributed by atoms with Crippen LogP contribution in [0, 0.1) is 0 Å². The van der Waals surface area contributed by atoms with E-state index in [2.05, 4.69) is 36.0 Å². The van der Waals surface area contributed by atoms with E-state index < -0.39 is 0 Å². The summed E-state index contributed by atoms with van der Waals surface area (Å²) in [6, 6.07) is 8.52. The van der Waals surface area contributed by atoms with Crippen molar-refractivity contribution in [3.63, 3.8) is 0 Å². The summed E-state index contributed by atoms with van der Waals surface area (Å²) in [5, 5.41) is 5.23. The van der Waals surface area contributed by atoms with Crippen molar-refractivity contribution in [2.24, 2.45) is 7.05 Å². The SMILES string of the molecule is CNC(C)c1cc2cc(Cl)ccc2n1C. The van der Waals surface area contributed by atoms with Gasteiger partial charge in [0.1, 0.15) is 0 Å². The van der Waals surface area contributed by atoms with E-state index in [9.17, 15) is 0 Å². The van der Waals surface area contributed by atoms with Gasteiger partial charge in [-0.2, -0.15) is 0 Å². The molecule has 0 bridgehead atoms. The summed E-state index contributed by atoms with van der Waals surface area (Å²) in [7, 11) is 4.05. The van der Waals surface area contributed by atoms with Crippen LogP contribution in [0.1, 0.15) is 18.7 Å². The smallest absolute Gasteiger partial charge is 0.0481 e. The molecule has 2 nitrogen and oxygen atoms in total. The van der Waals surface area contributed by atoms with Crippen LogP contribution in [0.25, 0.3) is 10.9 Å². The number of nitrogens with one attached hydrogen (secondary N) is 1. The third kappa shape index (κ3) is 1.75. The molecule has 0 amide bonds. The van der Waals surface area contributed by atoms with Gasteiger partial charge in [-0.25, -0.2) is 0 Å². The zero-order valence-corrected chi connectivity index (χ0v) is 9.97. The second-order valence-electron chi connectivity index (χ2n) is 3.84. The maximum absolute atomic E-state index is 5.97. The topological polar surface area (TPSA) is 17.0 Å². The average Bonchev–Trinajstić information content (AvgIpc) is 2.54. The van der Waals surface area contributed by atoms with Crippen molar-refractivity contribution in [2.45, 2.75) is 13.0 Å². The van der Waals surface area contributed by atoms with Crippen LogP contribution < -0.4 is 5.32 Å². The Balaban J connectivity index is 2.63. The van der Waals surface area contributed by atoms with Gasteiger partial charge >= 0.3 is 0 Å². The first-order valence-electron chi connectivity index (χ1n) is 5.05. The van der Waals surface area contributed by atoms with E-state index in [0.717, 1.165) is 5.02 Å². The molecule has 3 heteroatoms. The van der Waals surface area contributed by atoms with Crippen LogP contribution in [0.15, 0.2) is 24.3 Å². The molecular formula is C12H15ClN2. The fraction of sp³-hybridized carbons (Fsp3) is 0.333. The molecule has 1 N–H and O–H groups in total. The van der Waals surface area contributed by atoms with Crippen molar-refractivity contribution in [2.75, 3.05) is 7.05 Å². The zero-order valence-electron chi connectivity index (χ0n) is 9.21. The van der Waals surface area contributed by atoms with Crippen LogP contribution >= 0.6 is 11.6 Å². The quantitative estimate of drug-likeness (QED) is 0.826. The molecule has 1 heterocycles. The van der Waals surface area contributed by atoms with E-state index in [0.29, 0.717) is 6.04 Å². The number of rotatable bonds is 2. The van der Waals surface area contributed by atoms with Crippen molar-refractivity contribution in [1.29, 1.82) is 0 Å². The zero-order chi connectivity index (χ0) is 11.0. The van der Waals surface area contributed by atoms with Crippen LogP contribution in [-0.2, 0) is 7.05 Å². The van der Waals surface area contributed by atoms with Crippen molar-refractivity contribution in [3.8, 4) is 0 Å². The van der Waals surface area contributed by atoms with Gasteiger partial charge in [-0.3, -0.25) is 0 Å².